The van der Waals surface area contributed by atoms with E-state index in [1.807, 2.05) is 44.4 Å². The van der Waals surface area contributed by atoms with E-state index in [9.17, 15) is 0 Å². The highest BCUT2D eigenvalue weighted by atomic mass is 127. The van der Waals surface area contributed by atoms with E-state index in [-0.39, 0.29) is 0 Å². The van der Waals surface area contributed by atoms with Crippen LogP contribution in [0.15, 0.2) is 40.9 Å². The van der Waals surface area contributed by atoms with Crippen LogP contribution in [0.4, 0.5) is 0 Å². The minimum atomic E-state index is 0.726. The van der Waals surface area contributed by atoms with E-state index in [0.29, 0.717) is 0 Å². The normalized spacial score (nSPS) is 11.3. The molecule has 0 aliphatic heterocycles. The SMILES string of the molecule is COc1cc(I)c(/C=C(\c2ccccc2Br)N(C)C)cc1OC. The molecular weight excluding hydrogens is 469 g/mol. The molecule has 2 rings (SSSR count). The molecule has 0 saturated carbocycles. The third kappa shape index (κ3) is 4.20. The van der Waals surface area contributed by atoms with Gasteiger partial charge in [0, 0.05) is 33.4 Å². The Balaban J connectivity index is 2.59. The molecule has 0 aromatic heterocycles. The smallest absolute Gasteiger partial charge is 0.161 e. The maximum atomic E-state index is 5.42. The largest absolute Gasteiger partial charge is 0.493 e. The fraction of sp³-hybridized carbons (Fsp3) is 0.222. The summed E-state index contributed by atoms with van der Waals surface area (Å²) in [7, 11) is 7.38. The number of hydrogen-bond donors (Lipinski definition) is 0. The van der Waals surface area contributed by atoms with E-state index in [4.69, 9.17) is 9.47 Å². The first kappa shape index (κ1) is 18.1. The van der Waals surface area contributed by atoms with Gasteiger partial charge in [-0.1, -0.05) is 34.1 Å². The van der Waals surface area contributed by atoms with Crippen molar-refractivity contribution in [3.8, 4) is 11.5 Å². The van der Waals surface area contributed by atoms with Gasteiger partial charge in [0.2, 0.25) is 0 Å². The van der Waals surface area contributed by atoms with Crippen LogP contribution < -0.4 is 9.47 Å². The Morgan fingerprint density at radius 1 is 1.09 bits per heavy atom. The third-order valence-electron chi connectivity index (χ3n) is 3.43. The van der Waals surface area contributed by atoms with E-state index in [2.05, 4.69) is 55.6 Å². The Bertz CT molecular complexity index is 729. The molecule has 0 aliphatic carbocycles. The van der Waals surface area contributed by atoms with Gasteiger partial charge in [0.15, 0.2) is 11.5 Å². The van der Waals surface area contributed by atoms with Gasteiger partial charge in [0.1, 0.15) is 0 Å². The second kappa shape index (κ2) is 8.06. The van der Waals surface area contributed by atoms with Crippen molar-refractivity contribution in [2.45, 2.75) is 0 Å². The molecule has 0 spiro atoms. The number of halogens is 2. The first-order valence-electron chi connectivity index (χ1n) is 7.03. The van der Waals surface area contributed by atoms with Crippen molar-refractivity contribution in [1.29, 1.82) is 0 Å². The predicted octanol–water partition coefficient (Wildman–Crippen LogP) is 5.13. The van der Waals surface area contributed by atoms with Gasteiger partial charge in [-0.15, -0.1) is 0 Å². The highest BCUT2D eigenvalue weighted by Gasteiger charge is 2.12. The molecule has 0 amide bonds. The maximum Gasteiger partial charge on any atom is 0.161 e. The van der Waals surface area contributed by atoms with Crippen molar-refractivity contribution >= 4 is 50.3 Å². The predicted molar refractivity (Wildman–Crippen MR) is 108 cm³/mol. The minimum absolute atomic E-state index is 0.726. The summed E-state index contributed by atoms with van der Waals surface area (Å²) >= 11 is 5.95. The van der Waals surface area contributed by atoms with Crippen molar-refractivity contribution in [3.05, 3.63) is 55.6 Å². The molecule has 0 saturated heterocycles. The van der Waals surface area contributed by atoms with Gasteiger partial charge in [-0.2, -0.15) is 0 Å². The summed E-state index contributed by atoms with van der Waals surface area (Å²) in [6.07, 6.45) is 2.16. The van der Waals surface area contributed by atoms with Crippen LogP contribution in [0, 0.1) is 3.57 Å². The molecule has 2 aromatic carbocycles. The molecule has 3 nitrogen and oxygen atoms in total. The second-order valence-electron chi connectivity index (χ2n) is 5.13. The summed E-state index contributed by atoms with van der Waals surface area (Å²) in [5, 5.41) is 0. The molecule has 0 unspecified atom stereocenters. The summed E-state index contributed by atoms with van der Waals surface area (Å²) in [5.41, 5.74) is 3.34. The zero-order chi connectivity index (χ0) is 17.0. The van der Waals surface area contributed by atoms with E-state index in [0.717, 1.165) is 36.4 Å². The fourth-order valence-corrected chi connectivity index (χ4v) is 3.33. The van der Waals surface area contributed by atoms with Crippen molar-refractivity contribution in [1.82, 2.24) is 4.90 Å². The Hall–Kier alpha value is -1.21. The van der Waals surface area contributed by atoms with Gasteiger partial charge in [0.25, 0.3) is 0 Å². The number of hydrogen-bond acceptors (Lipinski definition) is 3. The molecule has 0 N–H and O–H groups in total. The van der Waals surface area contributed by atoms with Crippen molar-refractivity contribution < 1.29 is 9.47 Å². The van der Waals surface area contributed by atoms with Crippen LogP contribution in [0.2, 0.25) is 0 Å². The molecule has 0 bridgehead atoms. The molecule has 0 fully saturated rings. The first-order chi connectivity index (χ1) is 11.0. The number of rotatable bonds is 5. The fourth-order valence-electron chi connectivity index (χ4n) is 2.24. The number of benzene rings is 2. The van der Waals surface area contributed by atoms with Crippen LogP contribution in [0.5, 0.6) is 11.5 Å². The average molecular weight is 488 g/mol. The highest BCUT2D eigenvalue weighted by Crippen LogP contribution is 2.34. The topological polar surface area (TPSA) is 21.7 Å². The molecule has 5 heteroatoms. The van der Waals surface area contributed by atoms with Crippen molar-refractivity contribution in [3.63, 3.8) is 0 Å². The Morgan fingerprint density at radius 3 is 2.26 bits per heavy atom. The zero-order valence-electron chi connectivity index (χ0n) is 13.6. The van der Waals surface area contributed by atoms with Crippen LogP contribution in [-0.2, 0) is 0 Å². The summed E-state index contributed by atoms with van der Waals surface area (Å²) in [6.45, 7) is 0. The third-order valence-corrected chi connectivity index (χ3v) is 5.05. The average Bonchev–Trinajstić information content (AvgIpc) is 2.54. The number of methoxy groups -OCH3 is 2. The van der Waals surface area contributed by atoms with Crippen LogP contribution in [0.3, 0.4) is 0 Å². The van der Waals surface area contributed by atoms with Gasteiger partial charge >= 0.3 is 0 Å². The van der Waals surface area contributed by atoms with Crippen LogP contribution in [0.25, 0.3) is 11.8 Å². The molecule has 0 aliphatic rings. The molecule has 0 heterocycles. The maximum absolute atomic E-state index is 5.42. The lowest BCUT2D eigenvalue weighted by Crippen LogP contribution is -2.10. The number of nitrogens with zero attached hydrogens (tertiary/aromatic N) is 1. The summed E-state index contributed by atoms with van der Waals surface area (Å²) in [5.74, 6) is 1.46. The monoisotopic (exact) mass is 487 g/mol. The second-order valence-corrected chi connectivity index (χ2v) is 7.15. The summed E-state index contributed by atoms with van der Waals surface area (Å²) in [4.78, 5) is 2.10. The molecular formula is C18H19BrINO2. The lowest BCUT2D eigenvalue weighted by atomic mass is 10.1. The molecule has 0 atom stereocenters. The standard InChI is InChI=1S/C18H19BrINO2/c1-21(2)16(13-7-5-6-8-14(13)19)9-12-10-17(22-3)18(23-4)11-15(12)20/h5-11H,1-4H3/b16-9+. The quantitative estimate of drug-likeness (QED) is 0.431. The molecule has 2 aromatic rings. The van der Waals surface area contributed by atoms with Gasteiger partial charge in [-0.3, -0.25) is 0 Å². The van der Waals surface area contributed by atoms with E-state index < -0.39 is 0 Å². The Morgan fingerprint density at radius 2 is 1.70 bits per heavy atom. The van der Waals surface area contributed by atoms with Crippen LogP contribution in [-0.4, -0.2) is 33.2 Å². The molecule has 23 heavy (non-hydrogen) atoms. The first-order valence-corrected chi connectivity index (χ1v) is 8.90. The zero-order valence-corrected chi connectivity index (χ0v) is 17.3. The lowest BCUT2D eigenvalue weighted by molar-refractivity contribution is 0.354. The van der Waals surface area contributed by atoms with Gasteiger partial charge in [0.05, 0.1) is 14.2 Å². The van der Waals surface area contributed by atoms with Crippen molar-refractivity contribution in [2.75, 3.05) is 28.3 Å². The summed E-state index contributed by atoms with van der Waals surface area (Å²) < 4.78 is 13.0. The van der Waals surface area contributed by atoms with Gasteiger partial charge < -0.3 is 14.4 Å². The summed E-state index contributed by atoms with van der Waals surface area (Å²) in [6, 6.07) is 12.2. The Kier molecular flexibility index (Phi) is 6.35. The van der Waals surface area contributed by atoms with Crippen LogP contribution >= 0.6 is 38.5 Å². The highest BCUT2D eigenvalue weighted by molar-refractivity contribution is 14.1. The number of ether oxygens (including phenoxy) is 2. The Labute approximate surface area is 159 Å². The van der Waals surface area contributed by atoms with Crippen LogP contribution in [0.1, 0.15) is 11.1 Å². The minimum Gasteiger partial charge on any atom is -0.493 e. The van der Waals surface area contributed by atoms with E-state index in [1.165, 1.54) is 0 Å². The van der Waals surface area contributed by atoms with E-state index >= 15 is 0 Å². The van der Waals surface area contributed by atoms with Crippen molar-refractivity contribution in [2.24, 2.45) is 0 Å². The van der Waals surface area contributed by atoms with E-state index in [1.54, 1.807) is 14.2 Å². The molecule has 122 valence electrons. The van der Waals surface area contributed by atoms with Gasteiger partial charge in [-0.05, 0) is 52.4 Å². The lowest BCUT2D eigenvalue weighted by Gasteiger charge is -2.20. The molecule has 0 radical (unpaired) electrons. The van der Waals surface area contributed by atoms with Gasteiger partial charge in [-0.25, -0.2) is 0 Å².